The first kappa shape index (κ1) is 13.7. The van der Waals surface area contributed by atoms with Gasteiger partial charge in [0.1, 0.15) is 11.0 Å². The average molecular weight is 291 g/mol. The van der Waals surface area contributed by atoms with Gasteiger partial charge >= 0.3 is 0 Å². The summed E-state index contributed by atoms with van der Waals surface area (Å²) in [5.74, 6) is 0.650. The molecule has 0 unspecified atom stereocenters. The van der Waals surface area contributed by atoms with E-state index in [1.165, 1.54) is 11.8 Å². The van der Waals surface area contributed by atoms with E-state index in [-0.39, 0.29) is 0 Å². The normalized spacial score (nSPS) is 9.95. The molecule has 0 aliphatic carbocycles. The summed E-state index contributed by atoms with van der Waals surface area (Å²) in [4.78, 5) is 8.38. The smallest absolute Gasteiger partial charge is 0.190 e. The molecule has 1 N–H and O–H groups in total. The molecule has 0 aliphatic rings. The Kier molecular flexibility index (Phi) is 4.61. The Labute approximate surface area is 120 Å². The van der Waals surface area contributed by atoms with Crippen LogP contribution in [0.2, 0.25) is 5.15 Å². The van der Waals surface area contributed by atoms with Crippen LogP contribution >= 0.6 is 23.4 Å². The lowest BCUT2D eigenvalue weighted by molar-refractivity contribution is 0.976. The van der Waals surface area contributed by atoms with E-state index in [0.29, 0.717) is 22.5 Å². The Morgan fingerprint density at radius 2 is 2.05 bits per heavy atom. The van der Waals surface area contributed by atoms with Crippen molar-refractivity contribution in [3.8, 4) is 6.07 Å². The van der Waals surface area contributed by atoms with E-state index >= 15 is 0 Å². The molecule has 1 aromatic heterocycles. The molecular weight excluding hydrogens is 280 g/mol. The Morgan fingerprint density at radius 1 is 1.32 bits per heavy atom. The molecule has 2 rings (SSSR count). The Balaban J connectivity index is 2.16. The van der Waals surface area contributed by atoms with Crippen LogP contribution in [0.3, 0.4) is 0 Å². The second-order valence-electron chi connectivity index (χ2n) is 3.72. The molecule has 0 atom stereocenters. The average Bonchev–Trinajstić information content (AvgIpc) is 2.40. The van der Waals surface area contributed by atoms with Gasteiger partial charge in [-0.05, 0) is 24.0 Å². The molecule has 0 amide bonds. The lowest BCUT2D eigenvalue weighted by atomic mass is 10.1. The standard InChI is InChI=1S/C13H11ClN4S/c1-19-13-17-11(14)8-12(18-13)16-10-4-2-9(3-5-10)6-7-15/h2-5,8H,6H2,1H3,(H,16,17,18). The fourth-order valence-electron chi connectivity index (χ4n) is 1.50. The first-order chi connectivity index (χ1) is 9.21. The van der Waals surface area contributed by atoms with Crippen LogP contribution in [0.4, 0.5) is 11.5 Å². The zero-order chi connectivity index (χ0) is 13.7. The maximum atomic E-state index is 8.61. The topological polar surface area (TPSA) is 61.6 Å². The highest BCUT2D eigenvalue weighted by Gasteiger charge is 2.03. The van der Waals surface area contributed by atoms with E-state index in [0.717, 1.165) is 11.3 Å². The van der Waals surface area contributed by atoms with E-state index < -0.39 is 0 Å². The van der Waals surface area contributed by atoms with Crippen molar-refractivity contribution in [2.45, 2.75) is 11.6 Å². The van der Waals surface area contributed by atoms with Crippen molar-refractivity contribution in [3.63, 3.8) is 0 Å². The number of aromatic nitrogens is 2. The van der Waals surface area contributed by atoms with Gasteiger partial charge in [0.25, 0.3) is 0 Å². The third kappa shape index (κ3) is 3.85. The number of halogens is 1. The summed E-state index contributed by atoms with van der Waals surface area (Å²) in [7, 11) is 0. The molecule has 0 aliphatic heterocycles. The highest BCUT2D eigenvalue weighted by molar-refractivity contribution is 7.98. The maximum absolute atomic E-state index is 8.61. The van der Waals surface area contributed by atoms with Crippen molar-refractivity contribution in [1.82, 2.24) is 9.97 Å². The summed E-state index contributed by atoms with van der Waals surface area (Å²) in [6.07, 6.45) is 2.31. The molecule has 6 heteroatoms. The number of benzene rings is 1. The molecule has 0 fully saturated rings. The van der Waals surface area contributed by atoms with Crippen molar-refractivity contribution in [1.29, 1.82) is 5.26 Å². The van der Waals surface area contributed by atoms with Crippen molar-refractivity contribution in [3.05, 3.63) is 41.0 Å². The lowest BCUT2D eigenvalue weighted by Gasteiger charge is -2.07. The van der Waals surface area contributed by atoms with Crippen molar-refractivity contribution in [2.75, 3.05) is 11.6 Å². The lowest BCUT2D eigenvalue weighted by Crippen LogP contribution is -1.96. The van der Waals surface area contributed by atoms with Gasteiger partial charge in [0.15, 0.2) is 5.16 Å². The molecular formula is C13H11ClN4S. The van der Waals surface area contributed by atoms with Crippen LogP contribution in [-0.2, 0) is 6.42 Å². The molecule has 96 valence electrons. The van der Waals surface area contributed by atoms with Gasteiger partial charge in [0.05, 0.1) is 12.5 Å². The largest absolute Gasteiger partial charge is 0.340 e. The van der Waals surface area contributed by atoms with Gasteiger partial charge in [-0.1, -0.05) is 35.5 Å². The summed E-state index contributed by atoms with van der Waals surface area (Å²) in [6.45, 7) is 0. The van der Waals surface area contributed by atoms with Crippen LogP contribution < -0.4 is 5.32 Å². The zero-order valence-corrected chi connectivity index (χ0v) is 11.8. The van der Waals surface area contributed by atoms with E-state index in [1.807, 2.05) is 30.5 Å². The van der Waals surface area contributed by atoms with Crippen molar-refractivity contribution >= 4 is 34.9 Å². The Morgan fingerprint density at radius 3 is 2.68 bits per heavy atom. The van der Waals surface area contributed by atoms with E-state index in [2.05, 4.69) is 21.4 Å². The summed E-state index contributed by atoms with van der Waals surface area (Å²) >= 11 is 7.36. The SMILES string of the molecule is CSc1nc(Cl)cc(Nc2ccc(CC#N)cc2)n1. The fraction of sp³-hybridized carbons (Fsp3) is 0.154. The predicted molar refractivity (Wildman–Crippen MR) is 77.9 cm³/mol. The number of thioether (sulfide) groups is 1. The second kappa shape index (κ2) is 6.41. The molecule has 19 heavy (non-hydrogen) atoms. The number of hydrogen-bond acceptors (Lipinski definition) is 5. The number of nitriles is 1. The molecule has 0 radical (unpaired) electrons. The van der Waals surface area contributed by atoms with Gasteiger partial charge in [-0.25, -0.2) is 9.97 Å². The molecule has 0 spiro atoms. The minimum atomic E-state index is 0.406. The van der Waals surface area contributed by atoms with Crippen LogP contribution in [0.25, 0.3) is 0 Å². The molecule has 1 heterocycles. The first-order valence-electron chi connectivity index (χ1n) is 5.53. The molecule has 0 saturated heterocycles. The van der Waals surface area contributed by atoms with Crippen LogP contribution in [0.1, 0.15) is 5.56 Å². The molecule has 2 aromatic rings. The molecule has 0 bridgehead atoms. The van der Waals surface area contributed by atoms with E-state index in [4.69, 9.17) is 16.9 Å². The van der Waals surface area contributed by atoms with Crippen LogP contribution in [0, 0.1) is 11.3 Å². The number of hydrogen-bond donors (Lipinski definition) is 1. The summed E-state index contributed by atoms with van der Waals surface area (Å²) in [5.41, 5.74) is 1.88. The molecule has 4 nitrogen and oxygen atoms in total. The first-order valence-corrected chi connectivity index (χ1v) is 7.13. The van der Waals surface area contributed by atoms with Crippen LogP contribution in [0.5, 0.6) is 0 Å². The van der Waals surface area contributed by atoms with Gasteiger partial charge in [-0.2, -0.15) is 5.26 Å². The van der Waals surface area contributed by atoms with Crippen molar-refractivity contribution in [2.24, 2.45) is 0 Å². The summed E-state index contributed by atoms with van der Waals surface area (Å²) < 4.78 is 0. The van der Waals surface area contributed by atoms with Gasteiger partial charge in [0.2, 0.25) is 0 Å². The molecule has 0 saturated carbocycles. The van der Waals surface area contributed by atoms with Gasteiger partial charge < -0.3 is 5.32 Å². The molecule has 1 aromatic carbocycles. The Hall–Kier alpha value is -1.77. The van der Waals surface area contributed by atoms with Crippen LogP contribution in [-0.4, -0.2) is 16.2 Å². The van der Waals surface area contributed by atoms with E-state index in [9.17, 15) is 0 Å². The highest BCUT2D eigenvalue weighted by Crippen LogP contribution is 2.21. The predicted octanol–water partition coefficient (Wildman–Crippen LogP) is 3.66. The zero-order valence-electron chi connectivity index (χ0n) is 10.2. The van der Waals surface area contributed by atoms with Gasteiger partial charge in [0, 0.05) is 11.8 Å². The van der Waals surface area contributed by atoms with Gasteiger partial charge in [-0.15, -0.1) is 0 Å². The van der Waals surface area contributed by atoms with Crippen LogP contribution in [0.15, 0.2) is 35.5 Å². The van der Waals surface area contributed by atoms with E-state index in [1.54, 1.807) is 6.07 Å². The highest BCUT2D eigenvalue weighted by atomic mass is 35.5. The number of nitrogens with zero attached hydrogens (tertiary/aromatic N) is 3. The monoisotopic (exact) mass is 290 g/mol. The maximum Gasteiger partial charge on any atom is 0.190 e. The minimum absolute atomic E-state index is 0.406. The third-order valence-corrected chi connectivity index (χ3v) is 3.11. The summed E-state index contributed by atoms with van der Waals surface area (Å²) in [6, 6.07) is 11.4. The van der Waals surface area contributed by atoms with Gasteiger partial charge in [-0.3, -0.25) is 0 Å². The second-order valence-corrected chi connectivity index (χ2v) is 4.88. The minimum Gasteiger partial charge on any atom is -0.340 e. The van der Waals surface area contributed by atoms with Crippen molar-refractivity contribution < 1.29 is 0 Å². The Bertz CT molecular complexity index is 607. The number of anilines is 2. The fourth-order valence-corrected chi connectivity index (χ4v) is 2.11. The number of nitrogens with one attached hydrogen (secondary N) is 1. The third-order valence-electron chi connectivity index (χ3n) is 2.37. The quantitative estimate of drug-likeness (QED) is 0.529. The summed E-state index contributed by atoms with van der Waals surface area (Å²) in [5, 5.41) is 12.8. The number of rotatable bonds is 4.